The predicted octanol–water partition coefficient (Wildman–Crippen LogP) is 3.32. The van der Waals surface area contributed by atoms with Gasteiger partial charge in [-0.15, -0.1) is 0 Å². The van der Waals surface area contributed by atoms with Crippen LogP contribution in [0.2, 0.25) is 0 Å². The number of nitrogens with one attached hydrogen (secondary N) is 1. The Balaban J connectivity index is 1.52. The molecule has 2 aromatic rings. The quantitative estimate of drug-likeness (QED) is 0.852. The molecule has 1 saturated heterocycles. The Morgan fingerprint density at radius 1 is 0.900 bits per heavy atom. The van der Waals surface area contributed by atoms with E-state index in [4.69, 9.17) is 0 Å². The van der Waals surface area contributed by atoms with Gasteiger partial charge in [0.2, 0.25) is 5.91 Å². The van der Waals surface area contributed by atoms with Gasteiger partial charge in [0.25, 0.3) is 5.91 Å². The normalized spacial score (nSPS) is 23.3. The number of amides is 2. The van der Waals surface area contributed by atoms with Gasteiger partial charge in [0.15, 0.2) is 0 Å². The van der Waals surface area contributed by atoms with E-state index in [2.05, 4.69) is 34.5 Å². The van der Waals surface area contributed by atoms with E-state index >= 15 is 0 Å². The summed E-state index contributed by atoms with van der Waals surface area (Å²) in [7, 11) is 0. The van der Waals surface area contributed by atoms with Gasteiger partial charge < -0.3 is 10.2 Å². The van der Waals surface area contributed by atoms with Crippen LogP contribution in [-0.4, -0.2) is 53.8 Å². The highest BCUT2D eigenvalue weighted by Crippen LogP contribution is 2.31. The van der Waals surface area contributed by atoms with E-state index < -0.39 is 0 Å². The number of carbonyl (C=O) groups is 2. The van der Waals surface area contributed by atoms with Crippen molar-refractivity contribution in [3.05, 3.63) is 71.8 Å². The van der Waals surface area contributed by atoms with Crippen LogP contribution in [-0.2, 0) is 11.3 Å². The standard InChI is InChI=1S/C25H31N3O2/c29-24-22-13-7-14-23(22)28(25(30)21-11-5-2-6-12-21)17-8-16-27(18-15-26-24)19-20-9-3-1-4-10-20/h1-6,9-12,22-23H,7-8,13-19H2,(H,26,29). The molecule has 5 nitrogen and oxygen atoms in total. The lowest BCUT2D eigenvalue weighted by Gasteiger charge is -2.33. The van der Waals surface area contributed by atoms with Crippen LogP contribution >= 0.6 is 0 Å². The van der Waals surface area contributed by atoms with Gasteiger partial charge in [-0.2, -0.15) is 0 Å². The molecular weight excluding hydrogens is 374 g/mol. The van der Waals surface area contributed by atoms with E-state index in [0.29, 0.717) is 18.7 Å². The Bertz CT molecular complexity index is 840. The molecule has 2 fully saturated rings. The van der Waals surface area contributed by atoms with Crippen LogP contribution in [0.15, 0.2) is 60.7 Å². The molecule has 1 heterocycles. The van der Waals surface area contributed by atoms with E-state index in [9.17, 15) is 9.59 Å². The van der Waals surface area contributed by atoms with Gasteiger partial charge in [-0.1, -0.05) is 55.0 Å². The third-order valence-electron chi connectivity index (χ3n) is 6.35. The van der Waals surface area contributed by atoms with Crippen molar-refractivity contribution in [2.75, 3.05) is 26.2 Å². The van der Waals surface area contributed by atoms with E-state index in [1.807, 2.05) is 41.3 Å². The Morgan fingerprint density at radius 2 is 1.63 bits per heavy atom. The van der Waals surface area contributed by atoms with Crippen LogP contribution in [0.4, 0.5) is 0 Å². The molecule has 4 rings (SSSR count). The molecule has 1 N–H and O–H groups in total. The topological polar surface area (TPSA) is 52.7 Å². The van der Waals surface area contributed by atoms with E-state index in [1.54, 1.807) is 0 Å². The van der Waals surface area contributed by atoms with Gasteiger partial charge in [-0.05, 0) is 37.0 Å². The van der Waals surface area contributed by atoms with E-state index in [1.165, 1.54) is 5.56 Å². The molecule has 0 bridgehead atoms. The lowest BCUT2D eigenvalue weighted by Crippen LogP contribution is -2.47. The highest BCUT2D eigenvalue weighted by atomic mass is 16.2. The van der Waals surface area contributed by atoms with Gasteiger partial charge in [0.1, 0.15) is 0 Å². The van der Waals surface area contributed by atoms with Crippen molar-refractivity contribution in [1.82, 2.24) is 15.1 Å². The first-order chi connectivity index (χ1) is 14.7. The number of carbonyl (C=O) groups excluding carboxylic acids is 2. The van der Waals surface area contributed by atoms with Gasteiger partial charge in [-0.25, -0.2) is 0 Å². The molecule has 1 aliphatic carbocycles. The molecule has 0 radical (unpaired) electrons. The number of hydrogen-bond donors (Lipinski definition) is 1. The van der Waals surface area contributed by atoms with Crippen molar-refractivity contribution in [2.24, 2.45) is 5.92 Å². The lowest BCUT2D eigenvalue weighted by molar-refractivity contribution is -0.126. The van der Waals surface area contributed by atoms with Gasteiger partial charge in [0, 0.05) is 44.3 Å². The maximum absolute atomic E-state index is 13.4. The molecule has 0 aromatic heterocycles. The molecule has 5 heteroatoms. The molecule has 1 saturated carbocycles. The Hall–Kier alpha value is -2.66. The van der Waals surface area contributed by atoms with Crippen LogP contribution in [0, 0.1) is 5.92 Å². The Labute approximate surface area is 179 Å². The third kappa shape index (κ3) is 4.90. The summed E-state index contributed by atoms with van der Waals surface area (Å²) in [5, 5.41) is 3.15. The van der Waals surface area contributed by atoms with Gasteiger partial charge in [-0.3, -0.25) is 14.5 Å². The van der Waals surface area contributed by atoms with Crippen LogP contribution in [0.3, 0.4) is 0 Å². The number of benzene rings is 2. The second-order valence-corrected chi connectivity index (χ2v) is 8.38. The second-order valence-electron chi connectivity index (χ2n) is 8.38. The summed E-state index contributed by atoms with van der Waals surface area (Å²) in [5.74, 6) is 0.0532. The first kappa shape index (κ1) is 20.6. The molecule has 0 spiro atoms. The molecule has 2 amide bonds. The molecule has 2 atom stereocenters. The number of rotatable bonds is 3. The van der Waals surface area contributed by atoms with Gasteiger partial charge >= 0.3 is 0 Å². The first-order valence-electron chi connectivity index (χ1n) is 11.1. The van der Waals surface area contributed by atoms with Crippen LogP contribution in [0.5, 0.6) is 0 Å². The monoisotopic (exact) mass is 405 g/mol. The Kier molecular flexibility index (Phi) is 6.80. The molecular formula is C25H31N3O2. The predicted molar refractivity (Wildman–Crippen MR) is 118 cm³/mol. The molecule has 2 aromatic carbocycles. The summed E-state index contributed by atoms with van der Waals surface area (Å²) in [6, 6.07) is 19.9. The second kappa shape index (κ2) is 9.90. The summed E-state index contributed by atoms with van der Waals surface area (Å²) < 4.78 is 0. The van der Waals surface area contributed by atoms with Gasteiger partial charge in [0.05, 0.1) is 5.92 Å². The number of hydrogen-bond acceptors (Lipinski definition) is 3. The minimum atomic E-state index is -0.0988. The average Bonchev–Trinajstić information content (AvgIpc) is 3.26. The van der Waals surface area contributed by atoms with Crippen molar-refractivity contribution >= 4 is 11.8 Å². The first-order valence-corrected chi connectivity index (χ1v) is 11.1. The number of fused-ring (bicyclic) bond motifs is 1. The fraction of sp³-hybridized carbons (Fsp3) is 0.440. The number of nitrogens with zero attached hydrogens (tertiary/aromatic N) is 2. The van der Waals surface area contributed by atoms with Crippen molar-refractivity contribution in [1.29, 1.82) is 0 Å². The molecule has 2 unspecified atom stereocenters. The summed E-state index contributed by atoms with van der Waals surface area (Å²) >= 11 is 0. The SMILES string of the molecule is O=C1NCCN(Cc2ccccc2)CCCN(C(=O)c2ccccc2)C2CCCC12. The summed E-state index contributed by atoms with van der Waals surface area (Å²) in [4.78, 5) is 30.6. The third-order valence-corrected chi connectivity index (χ3v) is 6.35. The smallest absolute Gasteiger partial charge is 0.254 e. The zero-order chi connectivity index (χ0) is 20.8. The summed E-state index contributed by atoms with van der Waals surface area (Å²) in [6.07, 6.45) is 3.68. The Morgan fingerprint density at radius 3 is 2.40 bits per heavy atom. The van der Waals surface area contributed by atoms with E-state index in [-0.39, 0.29) is 23.8 Å². The highest BCUT2D eigenvalue weighted by Gasteiger charge is 2.39. The fourth-order valence-electron chi connectivity index (χ4n) is 4.83. The zero-order valence-electron chi connectivity index (χ0n) is 17.5. The fourth-order valence-corrected chi connectivity index (χ4v) is 4.83. The highest BCUT2D eigenvalue weighted by molar-refractivity contribution is 5.95. The maximum Gasteiger partial charge on any atom is 0.254 e. The van der Waals surface area contributed by atoms with Crippen molar-refractivity contribution in [3.8, 4) is 0 Å². The molecule has 1 aliphatic heterocycles. The van der Waals surface area contributed by atoms with Crippen LogP contribution in [0.1, 0.15) is 41.6 Å². The van der Waals surface area contributed by atoms with Crippen LogP contribution < -0.4 is 5.32 Å². The minimum absolute atomic E-state index is 0.00150. The minimum Gasteiger partial charge on any atom is -0.355 e. The van der Waals surface area contributed by atoms with Crippen LogP contribution in [0.25, 0.3) is 0 Å². The van der Waals surface area contributed by atoms with Crippen molar-refractivity contribution < 1.29 is 9.59 Å². The largest absolute Gasteiger partial charge is 0.355 e. The zero-order valence-corrected chi connectivity index (χ0v) is 17.5. The lowest BCUT2D eigenvalue weighted by atomic mass is 9.99. The van der Waals surface area contributed by atoms with Crippen molar-refractivity contribution in [2.45, 2.75) is 38.3 Å². The maximum atomic E-state index is 13.4. The van der Waals surface area contributed by atoms with E-state index in [0.717, 1.165) is 45.3 Å². The molecule has 158 valence electrons. The summed E-state index contributed by atoms with van der Waals surface area (Å²) in [5.41, 5.74) is 1.98. The summed E-state index contributed by atoms with van der Waals surface area (Å²) in [6.45, 7) is 3.93. The van der Waals surface area contributed by atoms with Crippen molar-refractivity contribution in [3.63, 3.8) is 0 Å². The molecule has 2 aliphatic rings. The average molecular weight is 406 g/mol. The molecule has 30 heavy (non-hydrogen) atoms.